The standard InChI is InChI=1S/C24H17Cl2F7N6O3/c25-14-2-1-10(3-15(14)26)23(29,30)20-37-36-17(42-20)13-6-38(18(40)11-5-34-35-16(11)24(31,32)33)7-21(13)8-39(9-21)19(41)12-4-22(12,27)28/h1-3,5,12-13H,4,6-9H2,(H,34,35)/t12-,13?/m1/s1. The summed E-state index contributed by atoms with van der Waals surface area (Å²) in [6, 6.07) is 3.06. The number of aromatic nitrogens is 4. The third-order valence-corrected chi connectivity index (χ3v) is 8.56. The van der Waals surface area contributed by atoms with Crippen LogP contribution >= 0.6 is 23.2 Å². The number of rotatable bonds is 5. The topological polar surface area (TPSA) is 108 Å². The fourth-order valence-electron chi connectivity index (χ4n) is 5.51. The van der Waals surface area contributed by atoms with E-state index in [1.165, 1.54) is 0 Å². The summed E-state index contributed by atoms with van der Waals surface area (Å²) in [5.41, 5.74) is -3.91. The first kappa shape index (κ1) is 28.7. The number of amides is 2. The van der Waals surface area contributed by atoms with Crippen LogP contribution in [0.15, 0.2) is 28.8 Å². The van der Waals surface area contributed by atoms with Crippen LogP contribution in [0.1, 0.15) is 45.7 Å². The lowest BCUT2D eigenvalue weighted by atomic mass is 9.71. The minimum absolute atomic E-state index is 0.0273. The Morgan fingerprint density at radius 1 is 1.02 bits per heavy atom. The Morgan fingerprint density at radius 3 is 2.31 bits per heavy atom. The maximum Gasteiger partial charge on any atom is 0.433 e. The van der Waals surface area contributed by atoms with Gasteiger partial charge in [-0.2, -0.15) is 27.1 Å². The van der Waals surface area contributed by atoms with Gasteiger partial charge >= 0.3 is 12.1 Å². The van der Waals surface area contributed by atoms with Gasteiger partial charge in [0.15, 0.2) is 5.69 Å². The van der Waals surface area contributed by atoms with Crippen LogP contribution in [-0.4, -0.2) is 74.1 Å². The second-order valence-electron chi connectivity index (χ2n) is 10.6. The molecule has 6 rings (SSSR count). The van der Waals surface area contributed by atoms with Crippen molar-refractivity contribution in [3.8, 4) is 0 Å². The average molecular weight is 641 g/mol. The van der Waals surface area contributed by atoms with Gasteiger partial charge in [-0.15, -0.1) is 10.2 Å². The van der Waals surface area contributed by atoms with Crippen LogP contribution in [0.2, 0.25) is 10.0 Å². The van der Waals surface area contributed by atoms with Gasteiger partial charge in [-0.1, -0.05) is 29.3 Å². The molecule has 2 amide bonds. The van der Waals surface area contributed by atoms with Gasteiger partial charge in [0.05, 0.1) is 27.7 Å². The summed E-state index contributed by atoms with van der Waals surface area (Å²) in [6.45, 7) is -0.968. The van der Waals surface area contributed by atoms with E-state index < -0.39 is 76.2 Å². The summed E-state index contributed by atoms with van der Waals surface area (Å²) in [7, 11) is 0. The molecule has 2 atom stereocenters. The van der Waals surface area contributed by atoms with E-state index >= 15 is 8.78 Å². The zero-order chi connectivity index (χ0) is 30.4. The first-order valence-corrected chi connectivity index (χ1v) is 13.0. The van der Waals surface area contributed by atoms with Crippen LogP contribution in [0.5, 0.6) is 0 Å². The molecule has 1 unspecified atom stereocenters. The number of halogens is 9. The van der Waals surface area contributed by atoms with Gasteiger partial charge in [0.25, 0.3) is 17.7 Å². The molecule has 3 fully saturated rings. The highest BCUT2D eigenvalue weighted by molar-refractivity contribution is 6.42. The lowest BCUT2D eigenvalue weighted by molar-refractivity contribution is -0.147. The Labute approximate surface area is 240 Å². The van der Waals surface area contributed by atoms with Crippen LogP contribution in [0.3, 0.4) is 0 Å². The normalized spacial score (nSPS) is 22.9. The van der Waals surface area contributed by atoms with Crippen molar-refractivity contribution < 1.29 is 44.7 Å². The number of alkyl halides is 7. The Morgan fingerprint density at radius 2 is 1.69 bits per heavy atom. The van der Waals surface area contributed by atoms with E-state index in [2.05, 4.69) is 15.3 Å². The summed E-state index contributed by atoms with van der Waals surface area (Å²) < 4.78 is 103. The van der Waals surface area contributed by atoms with Crippen LogP contribution in [0.4, 0.5) is 30.7 Å². The van der Waals surface area contributed by atoms with E-state index in [4.69, 9.17) is 27.6 Å². The summed E-state index contributed by atoms with van der Waals surface area (Å²) in [5.74, 6) is -12.9. The molecule has 2 aliphatic heterocycles. The molecule has 18 heteroatoms. The number of likely N-dealkylation sites (tertiary alicyclic amines) is 2. The molecule has 1 aromatic carbocycles. The van der Waals surface area contributed by atoms with Gasteiger partial charge in [-0.3, -0.25) is 14.7 Å². The molecular weight excluding hydrogens is 624 g/mol. The second kappa shape index (κ2) is 9.30. The molecule has 1 aliphatic carbocycles. The van der Waals surface area contributed by atoms with E-state index in [9.17, 15) is 31.5 Å². The Kier molecular flexibility index (Phi) is 6.36. The number of benzene rings is 1. The predicted molar refractivity (Wildman–Crippen MR) is 128 cm³/mol. The first-order chi connectivity index (χ1) is 19.5. The molecule has 1 saturated carbocycles. The van der Waals surface area contributed by atoms with Crippen LogP contribution < -0.4 is 0 Å². The van der Waals surface area contributed by atoms with Crippen LogP contribution in [-0.2, 0) is 16.9 Å². The zero-order valence-corrected chi connectivity index (χ0v) is 22.4. The molecule has 3 aromatic rings. The number of aromatic amines is 1. The molecular formula is C24H17Cl2F7N6O3. The summed E-state index contributed by atoms with van der Waals surface area (Å²) in [5, 5.41) is 12.2. The average Bonchev–Trinajstić information content (AvgIpc) is 3.40. The lowest BCUT2D eigenvalue weighted by Crippen LogP contribution is -2.62. The van der Waals surface area contributed by atoms with Crippen LogP contribution in [0, 0.1) is 11.3 Å². The SMILES string of the molecule is O=C(c1cn[nH]c1C(F)(F)F)N1CC(c2nnc(C(F)(F)c3ccc(Cl)c(Cl)c3)o2)C2(C1)CN(C(=O)[C@H]1CC1(F)F)C2. The van der Waals surface area contributed by atoms with E-state index in [1.807, 2.05) is 0 Å². The fraction of sp³-hybridized carbons (Fsp3) is 0.458. The van der Waals surface area contributed by atoms with Gasteiger partial charge in [0, 0.05) is 43.6 Å². The van der Waals surface area contributed by atoms with Crippen molar-refractivity contribution in [3.05, 3.63) is 63.0 Å². The molecule has 1 N–H and O–H groups in total. The molecule has 9 nitrogen and oxygen atoms in total. The van der Waals surface area contributed by atoms with E-state index in [0.29, 0.717) is 6.20 Å². The molecule has 0 radical (unpaired) electrons. The van der Waals surface area contributed by atoms with E-state index in [0.717, 1.165) is 28.0 Å². The van der Waals surface area contributed by atoms with Gasteiger partial charge in [-0.05, 0) is 12.1 Å². The van der Waals surface area contributed by atoms with Gasteiger partial charge in [0.2, 0.25) is 11.8 Å². The second-order valence-corrected chi connectivity index (χ2v) is 11.4. The number of carbonyl (C=O) groups is 2. The Balaban J connectivity index is 1.30. The maximum absolute atomic E-state index is 15.3. The smallest absolute Gasteiger partial charge is 0.419 e. The minimum atomic E-state index is -4.93. The van der Waals surface area contributed by atoms with Crippen LogP contribution in [0.25, 0.3) is 0 Å². The Bertz CT molecular complexity index is 1590. The first-order valence-electron chi connectivity index (χ1n) is 12.3. The van der Waals surface area contributed by atoms with Crippen molar-refractivity contribution in [2.45, 2.75) is 30.4 Å². The van der Waals surface area contributed by atoms with Gasteiger partial charge in [-0.25, -0.2) is 8.78 Å². The van der Waals surface area contributed by atoms with Gasteiger partial charge < -0.3 is 14.2 Å². The molecule has 4 heterocycles. The van der Waals surface area contributed by atoms with Gasteiger partial charge in [0.1, 0.15) is 5.92 Å². The fourth-order valence-corrected chi connectivity index (χ4v) is 5.81. The van der Waals surface area contributed by atoms with Crippen molar-refractivity contribution in [1.29, 1.82) is 0 Å². The number of hydrogen-bond acceptors (Lipinski definition) is 6. The van der Waals surface area contributed by atoms with Crippen molar-refractivity contribution in [3.63, 3.8) is 0 Å². The van der Waals surface area contributed by atoms with Crippen molar-refractivity contribution >= 4 is 35.0 Å². The predicted octanol–water partition coefficient (Wildman–Crippen LogP) is 4.98. The highest BCUT2D eigenvalue weighted by Gasteiger charge is 2.66. The molecule has 0 bridgehead atoms. The molecule has 42 heavy (non-hydrogen) atoms. The molecule has 2 aromatic heterocycles. The van der Waals surface area contributed by atoms with Crippen molar-refractivity contribution in [2.24, 2.45) is 11.3 Å². The molecule has 2 saturated heterocycles. The lowest BCUT2D eigenvalue weighted by Gasteiger charge is -2.50. The number of hydrogen-bond donors (Lipinski definition) is 1. The monoisotopic (exact) mass is 640 g/mol. The highest BCUT2D eigenvalue weighted by Crippen LogP contribution is 2.54. The van der Waals surface area contributed by atoms with Crippen molar-refractivity contribution in [1.82, 2.24) is 30.2 Å². The summed E-state index contributed by atoms with van der Waals surface area (Å²) in [6.07, 6.45) is -4.83. The third kappa shape index (κ3) is 4.58. The molecule has 224 valence electrons. The largest absolute Gasteiger partial charge is 0.433 e. The number of nitrogens with one attached hydrogen (secondary N) is 1. The summed E-state index contributed by atoms with van der Waals surface area (Å²) in [4.78, 5) is 27.9. The number of carbonyl (C=O) groups excluding carboxylic acids is 2. The van der Waals surface area contributed by atoms with E-state index in [-0.39, 0.29) is 42.1 Å². The van der Waals surface area contributed by atoms with E-state index in [1.54, 1.807) is 5.10 Å². The minimum Gasteiger partial charge on any atom is -0.419 e. The zero-order valence-electron chi connectivity index (χ0n) is 20.9. The molecule has 3 aliphatic rings. The van der Waals surface area contributed by atoms with Crippen molar-refractivity contribution in [2.75, 3.05) is 26.2 Å². The quantitative estimate of drug-likeness (QED) is 0.394. The number of H-pyrrole nitrogens is 1. The Hall–Kier alpha value is -3.40. The highest BCUT2D eigenvalue weighted by atomic mass is 35.5. The summed E-state index contributed by atoms with van der Waals surface area (Å²) >= 11 is 11.7. The number of nitrogens with zero attached hydrogens (tertiary/aromatic N) is 5. The maximum atomic E-state index is 15.3. The third-order valence-electron chi connectivity index (χ3n) is 7.83. The molecule has 1 spiro atoms.